The Morgan fingerprint density at radius 1 is 1.20 bits per heavy atom. The number of amides is 2. The van der Waals surface area contributed by atoms with Crippen molar-refractivity contribution in [3.63, 3.8) is 0 Å². The van der Waals surface area contributed by atoms with Gasteiger partial charge in [0.25, 0.3) is 0 Å². The lowest BCUT2D eigenvalue weighted by Crippen LogP contribution is -2.37. The molecule has 0 aliphatic rings. The second-order valence-corrected chi connectivity index (χ2v) is 3.67. The number of carbonyl (C=O) groups is 2. The van der Waals surface area contributed by atoms with Crippen molar-refractivity contribution >= 4 is 17.5 Å². The summed E-state index contributed by atoms with van der Waals surface area (Å²) >= 11 is 0. The average molecular weight is 288 g/mol. The molecule has 0 fully saturated rings. The molecule has 2 amide bonds. The van der Waals surface area contributed by atoms with Crippen LogP contribution in [0.1, 0.15) is 0 Å². The summed E-state index contributed by atoms with van der Waals surface area (Å²) in [6.45, 7) is 0.184. The first kappa shape index (κ1) is 16.0. The highest BCUT2D eigenvalue weighted by Gasteiger charge is 2.15. The van der Waals surface area contributed by atoms with E-state index in [1.54, 1.807) is 0 Å². The number of anilines is 1. The summed E-state index contributed by atoms with van der Waals surface area (Å²) in [5.41, 5.74) is -0.289. The molecule has 0 saturated heterocycles. The molecule has 1 aromatic rings. The molecule has 8 heteroatoms. The van der Waals surface area contributed by atoms with Crippen LogP contribution in [0.5, 0.6) is 0 Å². The van der Waals surface area contributed by atoms with Crippen molar-refractivity contribution in [1.29, 1.82) is 0 Å². The molecule has 1 rings (SSSR count). The van der Waals surface area contributed by atoms with Crippen LogP contribution in [-0.4, -0.2) is 43.3 Å². The SMILES string of the molecule is O=C(NCCOCCO)C(=O)Nc1ccc(F)cc1F. The zero-order chi connectivity index (χ0) is 15.0. The van der Waals surface area contributed by atoms with Gasteiger partial charge in [-0.15, -0.1) is 0 Å². The van der Waals surface area contributed by atoms with Crippen LogP contribution < -0.4 is 10.6 Å². The Hall–Kier alpha value is -2.06. The van der Waals surface area contributed by atoms with E-state index in [2.05, 4.69) is 5.32 Å². The molecular formula is C12H14F2N2O4. The third-order valence-electron chi connectivity index (χ3n) is 2.15. The second kappa shape index (κ2) is 8.18. The molecule has 0 bridgehead atoms. The molecule has 6 nitrogen and oxygen atoms in total. The molecule has 0 spiro atoms. The highest BCUT2D eigenvalue weighted by atomic mass is 19.1. The lowest BCUT2D eigenvalue weighted by molar-refractivity contribution is -0.136. The van der Waals surface area contributed by atoms with Gasteiger partial charge in [0.15, 0.2) is 0 Å². The Morgan fingerprint density at radius 3 is 2.60 bits per heavy atom. The van der Waals surface area contributed by atoms with Crippen molar-refractivity contribution < 1.29 is 28.2 Å². The van der Waals surface area contributed by atoms with E-state index in [0.717, 1.165) is 12.1 Å². The van der Waals surface area contributed by atoms with E-state index < -0.39 is 23.4 Å². The third-order valence-corrected chi connectivity index (χ3v) is 2.15. The van der Waals surface area contributed by atoms with Gasteiger partial charge in [0.1, 0.15) is 11.6 Å². The molecule has 0 saturated carbocycles. The normalized spacial score (nSPS) is 10.2. The van der Waals surface area contributed by atoms with Gasteiger partial charge in [-0.1, -0.05) is 0 Å². The predicted octanol–water partition coefficient (Wildman–Crippen LogP) is 0.0284. The van der Waals surface area contributed by atoms with Crippen molar-refractivity contribution in [2.75, 3.05) is 31.7 Å². The number of hydrogen-bond donors (Lipinski definition) is 3. The number of benzene rings is 1. The fraction of sp³-hybridized carbons (Fsp3) is 0.333. The highest BCUT2D eigenvalue weighted by Crippen LogP contribution is 2.14. The fourth-order valence-electron chi connectivity index (χ4n) is 1.25. The van der Waals surface area contributed by atoms with Crippen LogP contribution in [0.25, 0.3) is 0 Å². The zero-order valence-corrected chi connectivity index (χ0v) is 10.5. The maximum absolute atomic E-state index is 13.2. The quantitative estimate of drug-likeness (QED) is 0.509. The van der Waals surface area contributed by atoms with Crippen LogP contribution in [0.4, 0.5) is 14.5 Å². The first-order valence-corrected chi connectivity index (χ1v) is 5.77. The Bertz CT molecular complexity index is 483. The molecular weight excluding hydrogens is 274 g/mol. The number of hydrogen-bond acceptors (Lipinski definition) is 4. The van der Waals surface area contributed by atoms with Crippen LogP contribution in [0.2, 0.25) is 0 Å². The van der Waals surface area contributed by atoms with Gasteiger partial charge in [-0.25, -0.2) is 8.78 Å². The van der Waals surface area contributed by atoms with Gasteiger partial charge >= 0.3 is 11.8 Å². The topological polar surface area (TPSA) is 87.7 Å². The molecule has 0 radical (unpaired) electrons. The number of rotatable bonds is 6. The Morgan fingerprint density at radius 2 is 1.95 bits per heavy atom. The van der Waals surface area contributed by atoms with Gasteiger partial charge < -0.3 is 20.5 Å². The van der Waals surface area contributed by atoms with E-state index in [-0.39, 0.29) is 32.1 Å². The van der Waals surface area contributed by atoms with Crippen molar-refractivity contribution in [3.8, 4) is 0 Å². The zero-order valence-electron chi connectivity index (χ0n) is 10.5. The van der Waals surface area contributed by atoms with E-state index in [1.165, 1.54) is 0 Å². The predicted molar refractivity (Wildman–Crippen MR) is 65.9 cm³/mol. The van der Waals surface area contributed by atoms with Gasteiger partial charge in [0.05, 0.1) is 25.5 Å². The lowest BCUT2D eigenvalue weighted by atomic mass is 10.3. The molecule has 0 unspecified atom stereocenters. The third kappa shape index (κ3) is 5.29. The standard InChI is InChI=1S/C12H14F2N2O4/c13-8-1-2-10(9(14)7-8)16-12(19)11(18)15-3-5-20-6-4-17/h1-2,7,17H,3-6H2,(H,15,18)(H,16,19). The molecule has 0 heterocycles. The van der Waals surface area contributed by atoms with Crippen LogP contribution in [0, 0.1) is 11.6 Å². The minimum absolute atomic E-state index is 0.0676. The molecule has 0 aliphatic carbocycles. The van der Waals surface area contributed by atoms with Crippen LogP contribution in [0.3, 0.4) is 0 Å². The average Bonchev–Trinajstić information content (AvgIpc) is 2.41. The molecule has 0 atom stereocenters. The summed E-state index contributed by atoms with van der Waals surface area (Å²) in [7, 11) is 0. The summed E-state index contributed by atoms with van der Waals surface area (Å²) in [5.74, 6) is -3.80. The number of carbonyl (C=O) groups excluding carboxylic acids is 2. The summed E-state index contributed by atoms with van der Waals surface area (Å²) in [6.07, 6.45) is 0. The molecule has 3 N–H and O–H groups in total. The number of aliphatic hydroxyl groups excluding tert-OH is 1. The summed E-state index contributed by atoms with van der Waals surface area (Å²) in [4.78, 5) is 22.7. The van der Waals surface area contributed by atoms with Crippen molar-refractivity contribution in [3.05, 3.63) is 29.8 Å². The van der Waals surface area contributed by atoms with Gasteiger partial charge in [-0.2, -0.15) is 0 Å². The van der Waals surface area contributed by atoms with Gasteiger partial charge in [0.2, 0.25) is 0 Å². The maximum Gasteiger partial charge on any atom is 0.313 e. The van der Waals surface area contributed by atoms with E-state index in [0.29, 0.717) is 6.07 Å². The highest BCUT2D eigenvalue weighted by molar-refractivity contribution is 6.39. The molecule has 0 aromatic heterocycles. The smallest absolute Gasteiger partial charge is 0.313 e. The molecule has 110 valence electrons. The Balaban J connectivity index is 2.39. The van der Waals surface area contributed by atoms with Gasteiger partial charge in [0, 0.05) is 12.6 Å². The Kier molecular flexibility index (Phi) is 6.54. The van der Waals surface area contributed by atoms with Crippen molar-refractivity contribution in [2.45, 2.75) is 0 Å². The number of aliphatic hydroxyl groups is 1. The van der Waals surface area contributed by atoms with Crippen LogP contribution in [-0.2, 0) is 14.3 Å². The Labute approximate surface area is 113 Å². The van der Waals surface area contributed by atoms with Crippen LogP contribution in [0.15, 0.2) is 18.2 Å². The second-order valence-electron chi connectivity index (χ2n) is 3.67. The molecule has 20 heavy (non-hydrogen) atoms. The number of nitrogens with one attached hydrogen (secondary N) is 2. The van der Waals surface area contributed by atoms with Crippen molar-refractivity contribution in [1.82, 2.24) is 5.32 Å². The van der Waals surface area contributed by atoms with E-state index in [9.17, 15) is 18.4 Å². The number of ether oxygens (including phenoxy) is 1. The first-order chi connectivity index (χ1) is 9.54. The van der Waals surface area contributed by atoms with E-state index >= 15 is 0 Å². The first-order valence-electron chi connectivity index (χ1n) is 5.77. The van der Waals surface area contributed by atoms with Crippen LogP contribution >= 0.6 is 0 Å². The summed E-state index contributed by atoms with van der Waals surface area (Å²) in [6, 6.07) is 2.57. The van der Waals surface area contributed by atoms with Crippen molar-refractivity contribution in [2.24, 2.45) is 0 Å². The minimum Gasteiger partial charge on any atom is -0.394 e. The largest absolute Gasteiger partial charge is 0.394 e. The molecule has 0 aliphatic heterocycles. The van der Waals surface area contributed by atoms with Gasteiger partial charge in [-0.05, 0) is 12.1 Å². The fourth-order valence-corrected chi connectivity index (χ4v) is 1.25. The van der Waals surface area contributed by atoms with E-state index in [4.69, 9.17) is 9.84 Å². The summed E-state index contributed by atoms with van der Waals surface area (Å²) < 4.78 is 30.7. The summed E-state index contributed by atoms with van der Waals surface area (Å²) in [5, 5.41) is 12.7. The minimum atomic E-state index is -1.07. The van der Waals surface area contributed by atoms with Gasteiger partial charge in [-0.3, -0.25) is 9.59 Å². The molecule has 1 aromatic carbocycles. The monoisotopic (exact) mass is 288 g/mol. The van der Waals surface area contributed by atoms with E-state index in [1.807, 2.05) is 5.32 Å². The lowest BCUT2D eigenvalue weighted by Gasteiger charge is -2.07. The number of halogens is 2. The maximum atomic E-state index is 13.2.